The Morgan fingerprint density at radius 2 is 1.90 bits per heavy atom. The standard InChI is InChI=1S/C10H16/c1-10-8-6-4-2-3-5-7-9-10/h2-3,8H,4-7,9H2,1H3. The SMILES string of the molecule is CC1=CCCC=CCCC1. The Morgan fingerprint density at radius 1 is 1.10 bits per heavy atom. The van der Waals surface area contributed by atoms with Crippen LogP contribution in [-0.4, -0.2) is 0 Å². The first-order valence-electron chi connectivity index (χ1n) is 4.20. The summed E-state index contributed by atoms with van der Waals surface area (Å²) in [5.74, 6) is 0. The summed E-state index contributed by atoms with van der Waals surface area (Å²) in [4.78, 5) is 0. The molecular formula is C10H16. The van der Waals surface area contributed by atoms with Crippen LogP contribution < -0.4 is 0 Å². The molecule has 0 radical (unpaired) electrons. The van der Waals surface area contributed by atoms with E-state index < -0.39 is 0 Å². The molecule has 0 N–H and O–H groups in total. The summed E-state index contributed by atoms with van der Waals surface area (Å²) < 4.78 is 0. The largest absolute Gasteiger partial charge is 0.0885 e. The average molecular weight is 136 g/mol. The lowest BCUT2D eigenvalue weighted by atomic mass is 10.1. The fraction of sp³-hybridized carbons (Fsp3) is 0.600. The fourth-order valence-electron chi connectivity index (χ4n) is 1.26. The fourth-order valence-corrected chi connectivity index (χ4v) is 1.26. The van der Waals surface area contributed by atoms with Gasteiger partial charge in [-0.15, -0.1) is 0 Å². The first-order valence-corrected chi connectivity index (χ1v) is 4.20. The molecule has 0 atom stereocenters. The summed E-state index contributed by atoms with van der Waals surface area (Å²) >= 11 is 0. The van der Waals surface area contributed by atoms with E-state index in [1.54, 1.807) is 5.57 Å². The molecule has 0 saturated heterocycles. The molecule has 0 amide bonds. The summed E-state index contributed by atoms with van der Waals surface area (Å²) in [7, 11) is 0. The van der Waals surface area contributed by atoms with E-state index >= 15 is 0 Å². The molecule has 0 aromatic rings. The highest BCUT2D eigenvalue weighted by molar-refractivity contribution is 5.01. The number of hydrogen-bond donors (Lipinski definition) is 0. The van der Waals surface area contributed by atoms with Crippen LogP contribution in [0.15, 0.2) is 23.8 Å². The molecule has 0 bridgehead atoms. The molecule has 1 aliphatic carbocycles. The summed E-state index contributed by atoms with van der Waals surface area (Å²) in [6.07, 6.45) is 13.4. The predicted molar refractivity (Wildman–Crippen MR) is 46.0 cm³/mol. The van der Waals surface area contributed by atoms with Crippen molar-refractivity contribution in [2.24, 2.45) is 0 Å². The van der Waals surface area contributed by atoms with E-state index in [0.717, 1.165) is 0 Å². The van der Waals surface area contributed by atoms with Gasteiger partial charge >= 0.3 is 0 Å². The highest BCUT2D eigenvalue weighted by Crippen LogP contribution is 2.11. The van der Waals surface area contributed by atoms with Crippen molar-refractivity contribution in [2.75, 3.05) is 0 Å². The first kappa shape index (κ1) is 7.59. The lowest BCUT2D eigenvalue weighted by Gasteiger charge is -1.95. The van der Waals surface area contributed by atoms with Crippen LogP contribution in [0.3, 0.4) is 0 Å². The van der Waals surface area contributed by atoms with Gasteiger partial charge in [0, 0.05) is 0 Å². The van der Waals surface area contributed by atoms with Crippen LogP contribution in [0.4, 0.5) is 0 Å². The molecule has 0 unspecified atom stereocenters. The highest BCUT2D eigenvalue weighted by atomic mass is 14.0. The third kappa shape index (κ3) is 2.86. The van der Waals surface area contributed by atoms with Crippen molar-refractivity contribution in [1.82, 2.24) is 0 Å². The molecule has 0 heterocycles. The zero-order valence-corrected chi connectivity index (χ0v) is 6.77. The minimum atomic E-state index is 1.23. The Balaban J connectivity index is 2.39. The van der Waals surface area contributed by atoms with Crippen LogP contribution in [-0.2, 0) is 0 Å². The summed E-state index contributed by atoms with van der Waals surface area (Å²) in [6, 6.07) is 0. The first-order chi connectivity index (χ1) is 4.89. The van der Waals surface area contributed by atoms with E-state index in [0.29, 0.717) is 0 Å². The van der Waals surface area contributed by atoms with Gasteiger partial charge in [-0.3, -0.25) is 0 Å². The molecule has 1 rings (SSSR count). The molecular weight excluding hydrogens is 120 g/mol. The van der Waals surface area contributed by atoms with Gasteiger partial charge < -0.3 is 0 Å². The number of rotatable bonds is 0. The third-order valence-electron chi connectivity index (χ3n) is 1.93. The summed E-state index contributed by atoms with van der Waals surface area (Å²) in [6.45, 7) is 2.24. The Kier molecular flexibility index (Phi) is 3.28. The van der Waals surface area contributed by atoms with Crippen LogP contribution in [0.1, 0.15) is 39.0 Å². The van der Waals surface area contributed by atoms with Crippen LogP contribution in [0.2, 0.25) is 0 Å². The van der Waals surface area contributed by atoms with E-state index in [1.165, 1.54) is 32.1 Å². The molecule has 0 aromatic heterocycles. The Hall–Kier alpha value is -0.520. The molecule has 0 aliphatic heterocycles. The van der Waals surface area contributed by atoms with E-state index in [-0.39, 0.29) is 0 Å². The van der Waals surface area contributed by atoms with E-state index in [9.17, 15) is 0 Å². The monoisotopic (exact) mass is 136 g/mol. The van der Waals surface area contributed by atoms with Crippen molar-refractivity contribution in [3.63, 3.8) is 0 Å². The van der Waals surface area contributed by atoms with Gasteiger partial charge in [0.1, 0.15) is 0 Å². The van der Waals surface area contributed by atoms with Gasteiger partial charge in [0.15, 0.2) is 0 Å². The zero-order valence-electron chi connectivity index (χ0n) is 6.77. The molecule has 0 aromatic carbocycles. The molecule has 56 valence electrons. The second-order valence-corrected chi connectivity index (χ2v) is 2.99. The lowest BCUT2D eigenvalue weighted by Crippen LogP contribution is -1.75. The molecule has 0 spiro atoms. The third-order valence-corrected chi connectivity index (χ3v) is 1.93. The minimum absolute atomic E-state index is 1.23. The quantitative estimate of drug-likeness (QED) is 0.447. The van der Waals surface area contributed by atoms with Crippen molar-refractivity contribution in [3.8, 4) is 0 Å². The van der Waals surface area contributed by atoms with Gasteiger partial charge in [0.2, 0.25) is 0 Å². The molecule has 1 aliphatic rings. The maximum atomic E-state index is 2.37. The minimum Gasteiger partial charge on any atom is -0.0885 e. The summed E-state index contributed by atoms with van der Waals surface area (Å²) in [5.41, 5.74) is 1.57. The molecule has 0 nitrogen and oxygen atoms in total. The number of allylic oxidation sites excluding steroid dienone is 4. The van der Waals surface area contributed by atoms with E-state index in [1.807, 2.05) is 0 Å². The molecule has 0 heteroatoms. The second-order valence-electron chi connectivity index (χ2n) is 2.99. The van der Waals surface area contributed by atoms with Crippen LogP contribution in [0, 0.1) is 0 Å². The number of hydrogen-bond acceptors (Lipinski definition) is 0. The van der Waals surface area contributed by atoms with E-state index in [2.05, 4.69) is 25.2 Å². The Morgan fingerprint density at radius 3 is 2.80 bits per heavy atom. The Bertz CT molecular complexity index is 140. The second kappa shape index (κ2) is 4.32. The predicted octanol–water partition coefficient (Wildman–Crippen LogP) is 3.45. The smallest absolute Gasteiger partial charge is 0.0313 e. The van der Waals surface area contributed by atoms with Gasteiger partial charge in [0.25, 0.3) is 0 Å². The Labute approximate surface area is 63.6 Å². The molecule has 0 fully saturated rings. The van der Waals surface area contributed by atoms with Crippen molar-refractivity contribution in [2.45, 2.75) is 39.0 Å². The topological polar surface area (TPSA) is 0 Å². The van der Waals surface area contributed by atoms with Gasteiger partial charge in [0.05, 0.1) is 0 Å². The maximum Gasteiger partial charge on any atom is -0.0313 e. The summed E-state index contributed by atoms with van der Waals surface area (Å²) in [5, 5.41) is 0. The van der Waals surface area contributed by atoms with Crippen LogP contribution in [0.5, 0.6) is 0 Å². The molecule has 10 heavy (non-hydrogen) atoms. The zero-order chi connectivity index (χ0) is 7.23. The maximum absolute atomic E-state index is 2.37. The highest BCUT2D eigenvalue weighted by Gasteiger charge is 1.91. The van der Waals surface area contributed by atoms with Crippen molar-refractivity contribution < 1.29 is 0 Å². The normalized spacial score (nSPS) is 20.7. The molecule has 0 saturated carbocycles. The van der Waals surface area contributed by atoms with Gasteiger partial charge in [-0.2, -0.15) is 0 Å². The van der Waals surface area contributed by atoms with Gasteiger partial charge in [-0.1, -0.05) is 23.8 Å². The average Bonchev–Trinajstić information content (AvgIpc) is 2.02. The van der Waals surface area contributed by atoms with Crippen molar-refractivity contribution >= 4 is 0 Å². The van der Waals surface area contributed by atoms with Gasteiger partial charge in [-0.05, 0) is 39.0 Å². The lowest BCUT2D eigenvalue weighted by molar-refractivity contribution is 0.832. The van der Waals surface area contributed by atoms with Crippen LogP contribution >= 0.6 is 0 Å². The van der Waals surface area contributed by atoms with Crippen molar-refractivity contribution in [3.05, 3.63) is 23.8 Å². The van der Waals surface area contributed by atoms with Gasteiger partial charge in [-0.25, -0.2) is 0 Å². The van der Waals surface area contributed by atoms with E-state index in [4.69, 9.17) is 0 Å². The van der Waals surface area contributed by atoms with Crippen molar-refractivity contribution in [1.29, 1.82) is 0 Å². The van der Waals surface area contributed by atoms with Crippen LogP contribution in [0.25, 0.3) is 0 Å².